The zero-order chi connectivity index (χ0) is 16.8. The number of piperidine rings is 1. The molecule has 2 aromatic carbocycles. The van der Waals surface area contributed by atoms with Crippen LogP contribution < -0.4 is 4.74 Å². The van der Waals surface area contributed by atoms with Crippen molar-refractivity contribution in [2.24, 2.45) is 0 Å². The summed E-state index contributed by atoms with van der Waals surface area (Å²) in [5.74, 6) is 0.945. The van der Waals surface area contributed by atoms with E-state index in [1.54, 1.807) is 4.31 Å². The van der Waals surface area contributed by atoms with E-state index in [-0.39, 0.29) is 11.9 Å². The van der Waals surface area contributed by atoms with Gasteiger partial charge >= 0.3 is 0 Å². The van der Waals surface area contributed by atoms with Crippen LogP contribution in [0.4, 0.5) is 0 Å². The van der Waals surface area contributed by atoms with Crippen LogP contribution in [0.1, 0.15) is 18.4 Å². The van der Waals surface area contributed by atoms with Crippen LogP contribution in [-0.2, 0) is 16.4 Å². The number of ether oxygens (including phenoxy) is 1. The topological polar surface area (TPSA) is 46.6 Å². The van der Waals surface area contributed by atoms with Crippen molar-refractivity contribution in [1.82, 2.24) is 4.31 Å². The van der Waals surface area contributed by atoms with Crippen LogP contribution >= 0.6 is 0 Å². The molecule has 1 heterocycles. The van der Waals surface area contributed by atoms with E-state index in [4.69, 9.17) is 4.74 Å². The number of para-hydroxylation sites is 1. The third-order valence-electron chi connectivity index (χ3n) is 4.27. The largest absolute Gasteiger partial charge is 0.489 e. The van der Waals surface area contributed by atoms with Gasteiger partial charge in [-0.2, -0.15) is 4.31 Å². The highest BCUT2D eigenvalue weighted by molar-refractivity contribution is 7.89. The van der Waals surface area contributed by atoms with E-state index >= 15 is 0 Å². The molecule has 1 saturated heterocycles. The Morgan fingerprint density at radius 3 is 2.38 bits per heavy atom. The van der Waals surface area contributed by atoms with Crippen LogP contribution in [0.3, 0.4) is 0 Å². The minimum atomic E-state index is -3.25. The maximum absolute atomic E-state index is 12.6. The Kier molecular flexibility index (Phi) is 5.53. The molecule has 0 aromatic heterocycles. The van der Waals surface area contributed by atoms with Gasteiger partial charge in [0.2, 0.25) is 10.0 Å². The molecule has 1 atom stereocenters. The Hall–Kier alpha value is -1.85. The van der Waals surface area contributed by atoms with Gasteiger partial charge in [-0.05, 0) is 37.0 Å². The van der Waals surface area contributed by atoms with Gasteiger partial charge in [-0.25, -0.2) is 8.42 Å². The Bertz CT molecular complexity index is 732. The average molecular weight is 345 g/mol. The summed E-state index contributed by atoms with van der Waals surface area (Å²) in [5, 5.41) is 0. The van der Waals surface area contributed by atoms with Gasteiger partial charge < -0.3 is 4.74 Å². The smallest absolute Gasteiger partial charge is 0.214 e. The van der Waals surface area contributed by atoms with Crippen molar-refractivity contribution < 1.29 is 13.2 Å². The first-order chi connectivity index (χ1) is 11.6. The van der Waals surface area contributed by atoms with Crippen LogP contribution in [0, 0.1) is 0 Å². The summed E-state index contributed by atoms with van der Waals surface area (Å²) in [6.07, 6.45) is 2.19. The second kappa shape index (κ2) is 7.81. The minimum absolute atomic E-state index is 0.0762. The van der Waals surface area contributed by atoms with Gasteiger partial charge in [-0.1, -0.05) is 48.5 Å². The zero-order valence-corrected chi connectivity index (χ0v) is 14.5. The van der Waals surface area contributed by atoms with Crippen LogP contribution in [0.25, 0.3) is 0 Å². The number of sulfonamides is 1. The molecule has 1 unspecified atom stereocenters. The highest BCUT2D eigenvalue weighted by atomic mass is 32.2. The van der Waals surface area contributed by atoms with E-state index in [9.17, 15) is 8.42 Å². The van der Waals surface area contributed by atoms with Gasteiger partial charge in [0.1, 0.15) is 11.9 Å². The maximum atomic E-state index is 12.6. The average Bonchev–Trinajstić information content (AvgIpc) is 2.62. The molecule has 0 radical (unpaired) electrons. The fourth-order valence-corrected chi connectivity index (χ4v) is 4.52. The summed E-state index contributed by atoms with van der Waals surface area (Å²) >= 11 is 0. The summed E-state index contributed by atoms with van der Waals surface area (Å²) in [7, 11) is -3.25. The molecule has 1 fully saturated rings. The van der Waals surface area contributed by atoms with E-state index in [0.29, 0.717) is 19.5 Å². The van der Waals surface area contributed by atoms with E-state index in [0.717, 1.165) is 24.2 Å². The lowest BCUT2D eigenvalue weighted by molar-refractivity contribution is 0.130. The summed E-state index contributed by atoms with van der Waals surface area (Å²) in [6.45, 7) is 1.03. The number of nitrogens with zero attached hydrogens (tertiary/aromatic N) is 1. The number of hydrogen-bond donors (Lipinski definition) is 0. The zero-order valence-electron chi connectivity index (χ0n) is 13.7. The van der Waals surface area contributed by atoms with Gasteiger partial charge in [0.15, 0.2) is 0 Å². The van der Waals surface area contributed by atoms with Gasteiger partial charge in [0, 0.05) is 6.54 Å². The number of rotatable bonds is 6. The molecule has 1 aliphatic heterocycles. The third-order valence-corrected chi connectivity index (χ3v) is 6.11. The van der Waals surface area contributed by atoms with E-state index in [1.807, 2.05) is 60.7 Å². The van der Waals surface area contributed by atoms with Crippen LogP contribution in [0.15, 0.2) is 60.7 Å². The van der Waals surface area contributed by atoms with Crippen molar-refractivity contribution in [3.8, 4) is 5.75 Å². The molecule has 0 bridgehead atoms. The lowest BCUT2D eigenvalue weighted by Gasteiger charge is -2.32. The fourth-order valence-electron chi connectivity index (χ4n) is 2.97. The summed E-state index contributed by atoms with van der Waals surface area (Å²) < 4.78 is 32.8. The molecule has 128 valence electrons. The first kappa shape index (κ1) is 17.0. The van der Waals surface area contributed by atoms with E-state index < -0.39 is 10.0 Å². The first-order valence-corrected chi connectivity index (χ1v) is 9.98. The molecular weight excluding hydrogens is 322 g/mol. The van der Waals surface area contributed by atoms with Crippen molar-refractivity contribution >= 4 is 10.0 Å². The Morgan fingerprint density at radius 1 is 1.00 bits per heavy atom. The van der Waals surface area contributed by atoms with Crippen molar-refractivity contribution in [3.05, 3.63) is 66.2 Å². The lowest BCUT2D eigenvalue weighted by atomic mass is 10.1. The number of hydrogen-bond acceptors (Lipinski definition) is 3. The van der Waals surface area contributed by atoms with Crippen LogP contribution in [0.5, 0.6) is 5.75 Å². The summed E-state index contributed by atoms with van der Waals surface area (Å²) in [6, 6.07) is 19.3. The standard InChI is InChI=1S/C19H23NO3S/c21-24(22,15-13-17-8-3-1-4-9-17)20-14-7-12-19(16-20)23-18-10-5-2-6-11-18/h1-6,8-11,19H,7,12-16H2. The third kappa shape index (κ3) is 4.58. The molecule has 24 heavy (non-hydrogen) atoms. The van der Waals surface area contributed by atoms with E-state index in [2.05, 4.69) is 0 Å². The Balaban J connectivity index is 1.58. The monoisotopic (exact) mass is 345 g/mol. The van der Waals surface area contributed by atoms with Crippen molar-refractivity contribution in [3.63, 3.8) is 0 Å². The second-order valence-corrected chi connectivity index (χ2v) is 8.19. The van der Waals surface area contributed by atoms with Gasteiger partial charge in [0.05, 0.1) is 12.3 Å². The SMILES string of the molecule is O=S(=O)(CCc1ccccc1)N1CCCC(Oc2ccccc2)C1. The molecule has 0 saturated carbocycles. The molecule has 0 spiro atoms. The molecule has 1 aliphatic rings. The maximum Gasteiger partial charge on any atom is 0.214 e. The van der Waals surface area contributed by atoms with Gasteiger partial charge in [-0.3, -0.25) is 0 Å². The molecule has 0 aliphatic carbocycles. The highest BCUT2D eigenvalue weighted by Gasteiger charge is 2.29. The first-order valence-electron chi connectivity index (χ1n) is 8.37. The highest BCUT2D eigenvalue weighted by Crippen LogP contribution is 2.20. The number of aryl methyl sites for hydroxylation is 1. The Morgan fingerprint density at radius 2 is 1.67 bits per heavy atom. The molecule has 5 heteroatoms. The molecule has 0 N–H and O–H groups in total. The molecule has 0 amide bonds. The van der Waals surface area contributed by atoms with Crippen molar-refractivity contribution in [1.29, 1.82) is 0 Å². The van der Waals surface area contributed by atoms with E-state index in [1.165, 1.54) is 0 Å². The second-order valence-electron chi connectivity index (χ2n) is 6.10. The van der Waals surface area contributed by atoms with Crippen molar-refractivity contribution in [2.45, 2.75) is 25.4 Å². The summed E-state index contributed by atoms with van der Waals surface area (Å²) in [4.78, 5) is 0. The quantitative estimate of drug-likeness (QED) is 0.808. The lowest BCUT2D eigenvalue weighted by Crippen LogP contribution is -2.45. The predicted octanol–water partition coefficient (Wildman–Crippen LogP) is 3.10. The van der Waals surface area contributed by atoms with Crippen molar-refractivity contribution in [2.75, 3.05) is 18.8 Å². The number of benzene rings is 2. The molecular formula is C19H23NO3S. The fraction of sp³-hybridized carbons (Fsp3) is 0.368. The van der Waals surface area contributed by atoms with Gasteiger partial charge in [0.25, 0.3) is 0 Å². The normalized spacial score (nSPS) is 19.1. The van der Waals surface area contributed by atoms with Gasteiger partial charge in [-0.15, -0.1) is 0 Å². The molecule has 4 nitrogen and oxygen atoms in total. The molecule has 3 rings (SSSR count). The summed E-state index contributed by atoms with van der Waals surface area (Å²) in [5.41, 5.74) is 1.05. The molecule has 2 aromatic rings. The Labute approximate surface area is 144 Å². The minimum Gasteiger partial charge on any atom is -0.489 e. The van der Waals surface area contributed by atoms with Crippen LogP contribution in [0.2, 0.25) is 0 Å². The predicted molar refractivity (Wildman–Crippen MR) is 95.6 cm³/mol. The van der Waals surface area contributed by atoms with Crippen LogP contribution in [-0.4, -0.2) is 37.7 Å².